The van der Waals surface area contributed by atoms with Gasteiger partial charge < -0.3 is 59.5 Å². The van der Waals surface area contributed by atoms with E-state index in [2.05, 4.69) is 44.4 Å². The molecular weight excluding hydrogens is 1390 g/mol. The van der Waals surface area contributed by atoms with Crippen LogP contribution in [-0.4, -0.2) is 183 Å². The molecule has 2 aromatic heterocycles. The number of pyridine rings is 2. The molecular formula is C72H94N10O20S2. The Morgan fingerprint density at radius 1 is 0.529 bits per heavy atom. The van der Waals surface area contributed by atoms with Gasteiger partial charge in [0.2, 0.25) is 35.4 Å². The third kappa shape index (κ3) is 18.1. The van der Waals surface area contributed by atoms with Crippen molar-refractivity contribution in [2.45, 2.75) is 216 Å². The highest BCUT2D eigenvalue weighted by Crippen LogP contribution is 2.47. The monoisotopic (exact) mass is 1480 g/mol. The number of hydrogen-bond donors (Lipinski definition) is 6. The van der Waals surface area contributed by atoms with Gasteiger partial charge >= 0.3 is 32.8 Å². The Morgan fingerprint density at radius 2 is 0.894 bits per heavy atom. The number of nitrogens with zero attached hydrogens (tertiary/aromatic N) is 4. The second-order valence-corrected chi connectivity index (χ2v) is 32.9. The molecule has 0 bridgehead atoms. The Kier molecular flexibility index (Phi) is 22.5. The molecule has 6 saturated carbocycles. The Labute approximate surface area is 605 Å². The van der Waals surface area contributed by atoms with Gasteiger partial charge in [-0.2, -0.15) is 16.8 Å². The lowest BCUT2D eigenvalue weighted by Crippen LogP contribution is -2.60. The van der Waals surface area contributed by atoms with Gasteiger partial charge in [-0.05, 0) is 160 Å². The maximum atomic E-state index is 14.5. The number of ether oxygens (including phenoxy) is 6. The van der Waals surface area contributed by atoms with E-state index in [9.17, 15) is 55.2 Å². The number of carbonyl (C=O) groups is 8. The summed E-state index contributed by atoms with van der Waals surface area (Å²) in [7, 11) is -5.71. The second-order valence-electron chi connectivity index (χ2n) is 30.3. The van der Waals surface area contributed by atoms with E-state index in [1.54, 1.807) is 92.4 Å². The normalized spacial score (nSPS) is 25.2. The number of nitrogens with one attached hydrogen (secondary N) is 6. The molecule has 2 aliphatic heterocycles. The molecule has 6 N–H and O–H groups in total. The Bertz CT molecular complexity index is 3940. The van der Waals surface area contributed by atoms with Gasteiger partial charge in [-0.1, -0.05) is 53.7 Å². The molecule has 2 saturated heterocycles. The molecule has 0 unspecified atom stereocenters. The lowest BCUT2D eigenvalue weighted by Gasteiger charge is -2.35. The van der Waals surface area contributed by atoms with E-state index in [-0.39, 0.29) is 62.7 Å². The van der Waals surface area contributed by atoms with Crippen molar-refractivity contribution >= 4 is 89.8 Å². The van der Waals surface area contributed by atoms with E-state index in [1.807, 2.05) is 33.7 Å². The van der Waals surface area contributed by atoms with Crippen molar-refractivity contribution in [2.75, 3.05) is 27.3 Å². The first kappa shape index (κ1) is 76.3. The third-order valence-electron chi connectivity index (χ3n) is 20.1. The summed E-state index contributed by atoms with van der Waals surface area (Å²) in [6.07, 6.45) is 11.0. The van der Waals surface area contributed by atoms with Crippen LogP contribution in [0.25, 0.3) is 21.5 Å². The lowest BCUT2D eigenvalue weighted by atomic mass is 9.85. The van der Waals surface area contributed by atoms with Crippen molar-refractivity contribution in [1.82, 2.24) is 50.5 Å². The van der Waals surface area contributed by atoms with Gasteiger partial charge in [0, 0.05) is 47.8 Å². The van der Waals surface area contributed by atoms with Gasteiger partial charge in [0.1, 0.15) is 71.2 Å². The van der Waals surface area contributed by atoms with Gasteiger partial charge in [-0.3, -0.25) is 37.1 Å². The van der Waals surface area contributed by atoms with Crippen molar-refractivity contribution in [3.63, 3.8) is 0 Å². The molecule has 104 heavy (non-hydrogen) atoms. The molecule has 8 aliphatic rings. The van der Waals surface area contributed by atoms with Crippen molar-refractivity contribution in [1.29, 1.82) is 0 Å². The highest BCUT2D eigenvalue weighted by molar-refractivity contribution is 7.85. The van der Waals surface area contributed by atoms with Crippen LogP contribution in [0.2, 0.25) is 0 Å². The molecule has 0 spiro atoms. The number of likely N-dealkylation sites (tertiary alicyclic amines) is 2. The van der Waals surface area contributed by atoms with Crippen LogP contribution in [0.1, 0.15) is 144 Å². The van der Waals surface area contributed by atoms with Crippen LogP contribution < -0.4 is 49.7 Å². The van der Waals surface area contributed by atoms with Crippen LogP contribution >= 0.6 is 0 Å². The summed E-state index contributed by atoms with van der Waals surface area (Å²) in [5, 5.41) is 14.0. The molecule has 564 valence electrons. The van der Waals surface area contributed by atoms with Crippen LogP contribution in [-0.2, 0) is 67.2 Å². The highest BCUT2D eigenvalue weighted by Gasteiger charge is 2.63. The van der Waals surface area contributed by atoms with E-state index >= 15 is 0 Å². The van der Waals surface area contributed by atoms with Gasteiger partial charge in [-0.15, -0.1) is 13.2 Å². The van der Waals surface area contributed by atoms with E-state index in [0.717, 1.165) is 62.1 Å². The zero-order valence-corrected chi connectivity index (χ0v) is 61.4. The van der Waals surface area contributed by atoms with Crippen molar-refractivity contribution in [2.24, 2.45) is 22.7 Å². The number of carbonyl (C=O) groups excluding carboxylic acids is 8. The zero-order valence-electron chi connectivity index (χ0n) is 59.8. The number of aromatic nitrogens is 2. The molecule has 10 atom stereocenters. The first-order valence-corrected chi connectivity index (χ1v) is 38.2. The summed E-state index contributed by atoms with van der Waals surface area (Å²) in [5.41, 5.74) is -4.86. The molecule has 32 heteroatoms. The fraction of sp³-hybridized carbons (Fsp3) is 0.583. The van der Waals surface area contributed by atoms with Crippen LogP contribution in [0.4, 0.5) is 9.59 Å². The quantitative estimate of drug-likeness (QED) is 0.0363. The Balaban J connectivity index is 0.000000208. The number of alkyl carbamates (subject to hydrolysis) is 2. The first-order chi connectivity index (χ1) is 49.2. The molecule has 4 aromatic rings. The fourth-order valence-corrected chi connectivity index (χ4v) is 15.8. The number of fused-ring (bicyclic) bond motifs is 2. The van der Waals surface area contributed by atoms with E-state index < -0.39 is 151 Å². The Hall–Kier alpha value is -8.88. The summed E-state index contributed by atoms with van der Waals surface area (Å²) in [4.78, 5) is 122. The van der Waals surface area contributed by atoms with Gasteiger partial charge in [0.15, 0.2) is 0 Å². The summed E-state index contributed by atoms with van der Waals surface area (Å²) in [6, 6.07) is 9.91. The molecule has 2 aromatic carbocycles. The maximum Gasteiger partial charge on any atom is 0.408 e. The number of methoxy groups -OCH3 is 2. The highest BCUT2D eigenvalue weighted by atomic mass is 32.2. The standard InChI is InChI=1S/2C36H47N5O10S/c2*1-6-22-19-36(22,33(44)40-52(46,47)51-24-11-12-24)39-30(42)28-18-26(49-31-27-14-13-25(48-5)17-21(27)15-16-37-31)20-41(28)32(43)29(35(2,3)4)38-34(45)50-23-9-7-8-10-23/h2*6,13-17,22-24,26,28-29H,1,7-12,18-20H2,2-5H3,(H,38,45)(H,39,42)(H,40,44)/t2*22-,26-,28+,29-,36-/m11/s1. The summed E-state index contributed by atoms with van der Waals surface area (Å²) >= 11 is 0. The SMILES string of the molecule is C=C[C@@H]1C[C@]1(NC(=O)[C@@H]1C[C@@H](Oc2nccc3cc(OC)ccc23)CN1C(=O)[C@@H](NC(=O)OC1CCCC1)C(C)(C)C)C(=O)NS(=O)(=O)OC1CC1.C=C[C@@H]1C[C@]1(NC(=O)[C@@H]1C[C@@H](Oc2nccc3cc(OC)ccc23)CN1C(=O)[C@@H](NC(=O)OC1CCCC1)C(C)(C)C)C(=O)NS(=O)(=O)OC1CC1. The van der Waals surface area contributed by atoms with Crippen molar-refractivity contribution in [3.05, 3.63) is 86.2 Å². The molecule has 0 radical (unpaired) electrons. The predicted octanol–water partition coefficient (Wildman–Crippen LogP) is 6.55. The predicted molar refractivity (Wildman–Crippen MR) is 377 cm³/mol. The largest absolute Gasteiger partial charge is 0.497 e. The molecule has 8 fully saturated rings. The van der Waals surface area contributed by atoms with Gasteiger partial charge in [0.05, 0.1) is 39.5 Å². The van der Waals surface area contributed by atoms with Crippen LogP contribution in [0.5, 0.6) is 23.3 Å². The van der Waals surface area contributed by atoms with Gasteiger partial charge in [-0.25, -0.2) is 29.0 Å². The van der Waals surface area contributed by atoms with E-state index in [1.165, 1.54) is 22.0 Å². The van der Waals surface area contributed by atoms with Crippen molar-refractivity contribution < 1.29 is 92.0 Å². The van der Waals surface area contributed by atoms with E-state index in [0.29, 0.717) is 48.0 Å². The molecule has 6 aliphatic carbocycles. The van der Waals surface area contributed by atoms with Crippen LogP contribution in [0, 0.1) is 22.7 Å². The average Bonchev–Trinajstić information content (AvgIpc) is 1.58. The lowest BCUT2D eigenvalue weighted by molar-refractivity contribution is -0.143. The fourth-order valence-electron chi connectivity index (χ4n) is 13.8. The molecule has 8 amide bonds. The molecule has 30 nitrogen and oxygen atoms in total. The minimum Gasteiger partial charge on any atom is -0.497 e. The van der Waals surface area contributed by atoms with Crippen LogP contribution in [0.3, 0.4) is 0 Å². The average molecular weight is 1480 g/mol. The third-order valence-corrected chi connectivity index (χ3v) is 22.1. The first-order valence-electron chi connectivity index (χ1n) is 35.4. The summed E-state index contributed by atoms with van der Waals surface area (Å²) in [6.45, 7) is 18.2. The minimum absolute atomic E-state index is 0.00865. The zero-order chi connectivity index (χ0) is 74.8. The second kappa shape index (κ2) is 30.7. The summed E-state index contributed by atoms with van der Waals surface area (Å²) in [5.74, 6) is -3.70. The number of benzene rings is 2. The molecule has 12 rings (SSSR count). The smallest absolute Gasteiger partial charge is 0.408 e. The number of rotatable bonds is 26. The topological polar surface area (TPSA) is 383 Å². The summed E-state index contributed by atoms with van der Waals surface area (Å²) < 4.78 is 98.7. The number of hydrogen-bond acceptors (Lipinski definition) is 22. The van der Waals surface area contributed by atoms with E-state index in [4.69, 9.17) is 36.8 Å². The van der Waals surface area contributed by atoms with Crippen molar-refractivity contribution in [3.8, 4) is 23.3 Å². The minimum atomic E-state index is -4.42. The van der Waals surface area contributed by atoms with Gasteiger partial charge in [0.25, 0.3) is 11.8 Å². The Morgan fingerprint density at radius 3 is 1.21 bits per heavy atom. The molecule has 4 heterocycles. The number of amides is 8. The maximum absolute atomic E-state index is 14.5. The van der Waals surface area contributed by atoms with Crippen LogP contribution in [0.15, 0.2) is 86.2 Å².